The maximum Gasteiger partial charge on any atom is 0.324 e. The van der Waals surface area contributed by atoms with E-state index in [1.165, 1.54) is 16.3 Å². The van der Waals surface area contributed by atoms with Gasteiger partial charge in [0.2, 0.25) is 5.91 Å². The van der Waals surface area contributed by atoms with Crippen LogP contribution in [0.15, 0.2) is 29.8 Å². The zero-order valence-electron chi connectivity index (χ0n) is 38.1. The zero-order valence-corrected chi connectivity index (χ0v) is 38.9. The van der Waals surface area contributed by atoms with E-state index in [-0.39, 0.29) is 42.8 Å². The van der Waals surface area contributed by atoms with Gasteiger partial charge in [-0.15, -0.1) is 11.3 Å². The summed E-state index contributed by atoms with van der Waals surface area (Å²) < 4.78 is 37.5. The quantitative estimate of drug-likeness (QED) is 0.197. The molecule has 9 rings (SSSR count). The first-order chi connectivity index (χ1) is 30.8. The number of carbonyl (C=O) groups is 3. The van der Waals surface area contributed by atoms with Crippen molar-refractivity contribution in [1.29, 1.82) is 0 Å². The molecule has 64 heavy (non-hydrogen) atoms. The minimum Gasteiger partial charge on any atom is -0.464 e. The summed E-state index contributed by atoms with van der Waals surface area (Å²) in [7, 11) is 3.81. The maximum absolute atomic E-state index is 17.8. The average Bonchev–Trinajstić information content (AvgIpc) is 3.88. The predicted molar refractivity (Wildman–Crippen MR) is 244 cm³/mol. The number of aryl methyl sites for hydroxylation is 1. The Labute approximate surface area is 379 Å². The van der Waals surface area contributed by atoms with Gasteiger partial charge < -0.3 is 33.9 Å². The molecule has 3 saturated heterocycles. The summed E-state index contributed by atoms with van der Waals surface area (Å²) in [5.74, 6) is -0.807. The monoisotopic (exact) mass is 898 g/mol. The number of pyridine rings is 1. The molecule has 5 aliphatic rings. The van der Waals surface area contributed by atoms with Gasteiger partial charge in [0.25, 0.3) is 5.91 Å². The second kappa shape index (κ2) is 18.4. The summed E-state index contributed by atoms with van der Waals surface area (Å²) in [6.45, 7) is 13.9. The van der Waals surface area contributed by atoms with E-state index in [2.05, 4.69) is 45.1 Å². The molecule has 1 aromatic carbocycles. The van der Waals surface area contributed by atoms with Crippen LogP contribution >= 0.6 is 11.3 Å². The Hall–Kier alpha value is -4.48. The number of aromatic nitrogens is 3. The van der Waals surface area contributed by atoms with Gasteiger partial charge in [0.15, 0.2) is 5.82 Å². The van der Waals surface area contributed by atoms with Gasteiger partial charge in [0.05, 0.1) is 52.2 Å². The Kier molecular flexibility index (Phi) is 12.9. The third-order valence-corrected chi connectivity index (χ3v) is 15.1. The van der Waals surface area contributed by atoms with Crippen LogP contribution in [-0.2, 0) is 48.0 Å². The first-order valence-corrected chi connectivity index (χ1v) is 24.1. The second-order valence-electron chi connectivity index (χ2n) is 19.3. The first-order valence-electron chi connectivity index (χ1n) is 23.2. The molecule has 3 aromatic heterocycles. The van der Waals surface area contributed by atoms with Crippen molar-refractivity contribution in [3.8, 4) is 22.5 Å². The number of esters is 1. The number of nitrogens with zero attached hydrogens (tertiary/aromatic N) is 6. The molecule has 1 saturated carbocycles. The predicted octanol–water partition coefficient (Wildman–Crippen LogP) is 6.16. The standard InChI is InChI=1S/C48H63FN8O6S/c1-7-31-32-10-11-33-39-25-64-40(51-39)23-38(52-45(58)35-22-34(35)29-12-19-62-20-13-29)46(59)57-14-8-9-37(53-57)47(60)63-27-48(3,4)26-56(44(32)41(33)49)43(31)36-21-30(24-50-42(36)28(2)61-6)55-17-15-54(5)16-18-55/h10-11,21,24-25,28-29,34-35,37-38,53H,7-9,12-20,22-23,26-27H2,1-6H3,(H,52,58)/t28-,34+,35-,37-,38-/m0/s1. The Morgan fingerprint density at radius 1 is 1.11 bits per heavy atom. The summed E-state index contributed by atoms with van der Waals surface area (Å²) in [6.07, 6.45) is 6.05. The molecule has 1 aliphatic carbocycles. The van der Waals surface area contributed by atoms with Gasteiger partial charge in [-0.25, -0.2) is 14.8 Å². The van der Waals surface area contributed by atoms with Crippen molar-refractivity contribution in [2.75, 3.05) is 71.6 Å². The van der Waals surface area contributed by atoms with E-state index in [0.29, 0.717) is 73.3 Å². The summed E-state index contributed by atoms with van der Waals surface area (Å²) in [6, 6.07) is 4.28. The SMILES string of the molecule is CCc1c(-c2cc(N3CCN(C)CC3)cnc2[C@H](C)OC)n2c3c(F)c(ccc13)-c1csc(n1)C[C@H](NC(=O)[C@H]1C[C@@H]1C1CCOCC1)C(=O)N1CCC[C@H](N1)C(=O)OCC(C)(C)C2. The number of hydrogen-bond acceptors (Lipinski definition) is 12. The van der Waals surface area contributed by atoms with Crippen LogP contribution in [0.1, 0.15) is 82.2 Å². The van der Waals surface area contributed by atoms with Gasteiger partial charge in [-0.05, 0) is 82.0 Å². The lowest BCUT2D eigenvalue weighted by atomic mass is 9.93. The number of likely N-dealkylation sites (N-methyl/N-ethyl adjacent to an activating group) is 1. The molecular formula is C48H63FN8O6S. The minimum atomic E-state index is -0.944. The fraction of sp³-hybridized carbons (Fsp3) is 0.604. The summed E-state index contributed by atoms with van der Waals surface area (Å²) in [5, 5.41) is 7.78. The van der Waals surface area contributed by atoms with E-state index in [9.17, 15) is 14.4 Å². The van der Waals surface area contributed by atoms with Crippen molar-refractivity contribution in [3.05, 3.63) is 51.9 Å². The number of benzene rings is 1. The number of carbonyl (C=O) groups excluding carboxylic acids is 3. The smallest absolute Gasteiger partial charge is 0.324 e. The summed E-state index contributed by atoms with van der Waals surface area (Å²) >= 11 is 1.34. The summed E-state index contributed by atoms with van der Waals surface area (Å²) in [5.41, 5.74) is 8.21. The lowest BCUT2D eigenvalue weighted by molar-refractivity contribution is -0.155. The molecular weight excluding hydrogens is 836 g/mol. The summed E-state index contributed by atoms with van der Waals surface area (Å²) in [4.78, 5) is 56.9. The minimum absolute atomic E-state index is 0.0462. The highest BCUT2D eigenvalue weighted by atomic mass is 32.1. The molecule has 5 atom stereocenters. The molecule has 0 unspecified atom stereocenters. The molecule has 4 fully saturated rings. The van der Waals surface area contributed by atoms with E-state index < -0.39 is 29.3 Å². The van der Waals surface area contributed by atoms with E-state index in [4.69, 9.17) is 24.2 Å². The molecule has 16 heteroatoms. The normalized spacial score (nSPS) is 25.2. The van der Waals surface area contributed by atoms with Crippen LogP contribution in [0.25, 0.3) is 33.4 Å². The molecule has 0 radical (unpaired) electrons. The lowest BCUT2D eigenvalue weighted by Crippen LogP contribution is -2.60. The number of methoxy groups -OCH3 is 1. The molecule has 6 bridgehead atoms. The number of halogens is 1. The number of thiazole rings is 1. The van der Waals surface area contributed by atoms with Crippen molar-refractivity contribution >= 4 is 45.7 Å². The van der Waals surface area contributed by atoms with Crippen LogP contribution in [0, 0.1) is 29.0 Å². The van der Waals surface area contributed by atoms with Crippen LogP contribution in [0.5, 0.6) is 0 Å². The number of ether oxygens (including phenoxy) is 3. The lowest BCUT2D eigenvalue weighted by Gasteiger charge is -2.35. The van der Waals surface area contributed by atoms with Gasteiger partial charge >= 0.3 is 5.97 Å². The van der Waals surface area contributed by atoms with Crippen LogP contribution in [0.2, 0.25) is 0 Å². The van der Waals surface area contributed by atoms with Gasteiger partial charge in [-0.1, -0.05) is 26.8 Å². The topological polar surface area (TPSA) is 143 Å². The number of cyclic esters (lactones) is 1. The fourth-order valence-electron chi connectivity index (χ4n) is 10.3. The molecule has 4 aromatic rings. The molecule has 14 nitrogen and oxygen atoms in total. The van der Waals surface area contributed by atoms with Crippen molar-refractivity contribution in [2.45, 2.75) is 97.4 Å². The molecule has 2 N–H and O–H groups in total. The van der Waals surface area contributed by atoms with E-state index in [1.54, 1.807) is 13.2 Å². The highest BCUT2D eigenvalue weighted by molar-refractivity contribution is 7.10. The third kappa shape index (κ3) is 8.92. The Morgan fingerprint density at radius 3 is 2.64 bits per heavy atom. The molecule has 0 spiro atoms. The van der Waals surface area contributed by atoms with E-state index >= 15 is 4.39 Å². The number of hydrazine groups is 1. The Bertz CT molecular complexity index is 2390. The van der Waals surface area contributed by atoms with E-state index in [0.717, 1.165) is 79.0 Å². The van der Waals surface area contributed by atoms with Crippen LogP contribution in [-0.4, -0.2) is 121 Å². The third-order valence-electron chi connectivity index (χ3n) is 14.2. The van der Waals surface area contributed by atoms with Crippen LogP contribution in [0.3, 0.4) is 0 Å². The van der Waals surface area contributed by atoms with Crippen molar-refractivity contribution in [2.24, 2.45) is 23.2 Å². The largest absolute Gasteiger partial charge is 0.464 e. The number of rotatable bonds is 8. The molecule has 4 aliphatic heterocycles. The zero-order chi connectivity index (χ0) is 44.9. The van der Waals surface area contributed by atoms with Gasteiger partial charge in [-0.3, -0.25) is 24.4 Å². The molecule has 344 valence electrons. The molecule has 7 heterocycles. The number of amides is 2. The van der Waals surface area contributed by atoms with Crippen LogP contribution < -0.4 is 15.6 Å². The van der Waals surface area contributed by atoms with E-state index in [1.807, 2.05) is 38.4 Å². The number of nitrogens with one attached hydrogen (secondary N) is 2. The highest BCUT2D eigenvalue weighted by Crippen LogP contribution is 2.48. The van der Waals surface area contributed by atoms with Gasteiger partial charge in [-0.2, -0.15) is 0 Å². The first kappa shape index (κ1) is 44.7. The highest BCUT2D eigenvalue weighted by Gasteiger charge is 2.48. The van der Waals surface area contributed by atoms with Crippen molar-refractivity contribution in [3.63, 3.8) is 0 Å². The fourth-order valence-corrected chi connectivity index (χ4v) is 11.2. The van der Waals surface area contributed by atoms with Gasteiger partial charge in [0, 0.05) is 99.2 Å². The second-order valence-corrected chi connectivity index (χ2v) is 20.3. The van der Waals surface area contributed by atoms with Gasteiger partial charge in [0.1, 0.15) is 12.1 Å². The number of anilines is 1. The van der Waals surface area contributed by atoms with Crippen molar-refractivity contribution < 1.29 is 33.0 Å². The average molecular weight is 899 g/mol. The number of fused-ring (bicyclic) bond motifs is 6. The number of hydrogen-bond donors (Lipinski definition) is 2. The Morgan fingerprint density at radius 2 is 1.89 bits per heavy atom. The Balaban J connectivity index is 1.14. The maximum atomic E-state index is 17.8. The molecule has 2 amide bonds. The van der Waals surface area contributed by atoms with Crippen molar-refractivity contribution in [1.82, 2.24) is 35.2 Å². The number of piperazine rings is 1. The van der Waals surface area contributed by atoms with Crippen LogP contribution in [0.4, 0.5) is 10.1 Å².